The number of rotatable bonds is 1. The first-order valence-corrected chi connectivity index (χ1v) is 2.83. The van der Waals surface area contributed by atoms with E-state index >= 15 is 0 Å². The monoisotopic (exact) mass is 146 g/mol. The predicted octanol–water partition coefficient (Wildman–Crippen LogP) is 0.524. The van der Waals surface area contributed by atoms with Crippen molar-refractivity contribution in [2.75, 3.05) is 19.0 Å². The fourth-order valence-electron chi connectivity index (χ4n) is 0.434. The van der Waals surface area contributed by atoms with Crippen LogP contribution in [-0.4, -0.2) is 29.3 Å². The molecule has 1 N–H and O–H groups in total. The van der Waals surface area contributed by atoms with E-state index in [1.807, 2.05) is 14.1 Å². The molecular weight excluding hydrogens is 140 g/mol. The number of aromatic nitrogens is 3. The van der Waals surface area contributed by atoms with E-state index in [2.05, 4.69) is 15.2 Å². The van der Waals surface area contributed by atoms with Gasteiger partial charge < -0.3 is 4.90 Å². The van der Waals surface area contributed by atoms with Gasteiger partial charge in [-0.1, -0.05) is 0 Å². The van der Waals surface area contributed by atoms with E-state index in [-0.39, 0.29) is 0 Å². The molecule has 0 aliphatic heterocycles. The molecule has 0 atom stereocenters. The molecule has 1 heterocycles. The Hall–Kier alpha value is -0.770. The zero-order valence-corrected chi connectivity index (χ0v) is 5.98. The van der Waals surface area contributed by atoms with Gasteiger partial charge in [-0.05, 0) is 11.6 Å². The first-order chi connectivity index (χ1) is 4.20. The highest BCUT2D eigenvalue weighted by atomic mass is 35.5. The normalized spacial score (nSPS) is 9.67. The predicted molar refractivity (Wildman–Crippen MR) is 35.7 cm³/mol. The fraction of sp³-hybridized carbons (Fsp3) is 0.500. The second-order valence-electron chi connectivity index (χ2n) is 1.82. The third kappa shape index (κ3) is 1.32. The first kappa shape index (κ1) is 6.35. The summed E-state index contributed by atoms with van der Waals surface area (Å²) >= 11 is 5.45. The molecule has 0 bridgehead atoms. The van der Waals surface area contributed by atoms with Gasteiger partial charge in [0.15, 0.2) is 0 Å². The lowest BCUT2D eigenvalue weighted by atomic mass is 10.8. The van der Waals surface area contributed by atoms with E-state index in [1.54, 1.807) is 4.90 Å². The molecule has 0 amide bonds. The molecule has 5 heteroatoms. The number of hydrogen-bond acceptors (Lipinski definition) is 3. The van der Waals surface area contributed by atoms with Gasteiger partial charge in [-0.3, -0.25) is 0 Å². The standard InChI is InChI=1S/C4H7ClN4/c1-9(2)4-6-3(5)7-8-4/h1-2H3,(H,6,7,8). The number of nitrogens with one attached hydrogen (secondary N) is 1. The molecule has 50 valence electrons. The van der Waals surface area contributed by atoms with Crippen molar-refractivity contribution in [1.82, 2.24) is 15.2 Å². The highest BCUT2D eigenvalue weighted by molar-refractivity contribution is 6.28. The van der Waals surface area contributed by atoms with Gasteiger partial charge in [0.25, 0.3) is 0 Å². The third-order valence-electron chi connectivity index (χ3n) is 0.846. The summed E-state index contributed by atoms with van der Waals surface area (Å²) in [5, 5.41) is 6.60. The van der Waals surface area contributed by atoms with E-state index in [0.29, 0.717) is 11.2 Å². The Morgan fingerprint density at radius 2 is 2.22 bits per heavy atom. The van der Waals surface area contributed by atoms with Gasteiger partial charge in [0.2, 0.25) is 11.2 Å². The molecule has 0 saturated carbocycles. The average Bonchev–Trinajstić information content (AvgIpc) is 2.14. The number of anilines is 1. The summed E-state index contributed by atoms with van der Waals surface area (Å²) in [6, 6.07) is 0. The SMILES string of the molecule is CN(C)c1n[nH]c(Cl)n1. The molecule has 1 aromatic heterocycles. The summed E-state index contributed by atoms with van der Waals surface area (Å²) in [4.78, 5) is 5.60. The van der Waals surface area contributed by atoms with Crippen LogP contribution in [0, 0.1) is 0 Å². The highest BCUT2D eigenvalue weighted by Gasteiger charge is 1.99. The summed E-state index contributed by atoms with van der Waals surface area (Å²) in [7, 11) is 3.69. The van der Waals surface area contributed by atoms with Gasteiger partial charge in [-0.15, -0.1) is 5.10 Å². The van der Waals surface area contributed by atoms with Crippen molar-refractivity contribution in [3.05, 3.63) is 5.28 Å². The van der Waals surface area contributed by atoms with Crippen LogP contribution in [0.1, 0.15) is 0 Å². The molecule has 0 unspecified atom stereocenters. The maximum atomic E-state index is 5.45. The minimum absolute atomic E-state index is 0.318. The summed E-state index contributed by atoms with van der Waals surface area (Å²) in [5.74, 6) is 0.597. The summed E-state index contributed by atoms with van der Waals surface area (Å²) in [6.45, 7) is 0. The Kier molecular flexibility index (Phi) is 1.57. The van der Waals surface area contributed by atoms with Crippen molar-refractivity contribution in [3.8, 4) is 0 Å². The van der Waals surface area contributed by atoms with Gasteiger partial charge in [0.05, 0.1) is 0 Å². The summed E-state index contributed by atoms with van der Waals surface area (Å²) in [6.07, 6.45) is 0. The van der Waals surface area contributed by atoms with Gasteiger partial charge >= 0.3 is 0 Å². The Bertz CT molecular complexity index is 194. The van der Waals surface area contributed by atoms with Crippen molar-refractivity contribution in [2.45, 2.75) is 0 Å². The zero-order chi connectivity index (χ0) is 6.85. The third-order valence-corrected chi connectivity index (χ3v) is 1.02. The molecule has 1 aromatic rings. The smallest absolute Gasteiger partial charge is 0.245 e. The zero-order valence-electron chi connectivity index (χ0n) is 5.22. The minimum Gasteiger partial charge on any atom is -0.346 e. The Balaban J connectivity index is 2.85. The van der Waals surface area contributed by atoms with E-state index in [4.69, 9.17) is 11.6 Å². The summed E-state index contributed by atoms with van der Waals surface area (Å²) in [5.41, 5.74) is 0. The van der Waals surface area contributed by atoms with Gasteiger partial charge in [0.1, 0.15) is 0 Å². The van der Waals surface area contributed by atoms with Gasteiger partial charge in [0, 0.05) is 14.1 Å². The summed E-state index contributed by atoms with van der Waals surface area (Å²) < 4.78 is 0. The van der Waals surface area contributed by atoms with Gasteiger partial charge in [-0.25, -0.2) is 5.10 Å². The molecule has 4 nitrogen and oxygen atoms in total. The quantitative estimate of drug-likeness (QED) is 0.629. The number of nitrogens with zero attached hydrogens (tertiary/aromatic N) is 3. The topological polar surface area (TPSA) is 44.8 Å². The van der Waals surface area contributed by atoms with Crippen LogP contribution in [0.3, 0.4) is 0 Å². The van der Waals surface area contributed by atoms with Crippen molar-refractivity contribution in [1.29, 1.82) is 0 Å². The van der Waals surface area contributed by atoms with Crippen LogP contribution >= 0.6 is 11.6 Å². The lowest BCUT2D eigenvalue weighted by Crippen LogP contribution is -2.10. The second-order valence-corrected chi connectivity index (χ2v) is 2.18. The Morgan fingerprint density at radius 1 is 1.56 bits per heavy atom. The van der Waals surface area contributed by atoms with Crippen LogP contribution in [0.4, 0.5) is 5.95 Å². The van der Waals surface area contributed by atoms with Crippen LogP contribution in [0.25, 0.3) is 0 Å². The van der Waals surface area contributed by atoms with E-state index < -0.39 is 0 Å². The number of aromatic amines is 1. The van der Waals surface area contributed by atoms with Crippen LogP contribution in [-0.2, 0) is 0 Å². The van der Waals surface area contributed by atoms with Crippen LogP contribution in [0.2, 0.25) is 5.28 Å². The lowest BCUT2D eigenvalue weighted by molar-refractivity contribution is 0.998. The van der Waals surface area contributed by atoms with Gasteiger partial charge in [-0.2, -0.15) is 4.98 Å². The van der Waals surface area contributed by atoms with Crippen molar-refractivity contribution in [3.63, 3.8) is 0 Å². The maximum Gasteiger partial charge on any atom is 0.245 e. The molecule has 9 heavy (non-hydrogen) atoms. The van der Waals surface area contributed by atoms with Crippen LogP contribution in [0.15, 0.2) is 0 Å². The second kappa shape index (κ2) is 2.23. The number of hydrogen-bond donors (Lipinski definition) is 1. The molecule has 0 spiro atoms. The van der Waals surface area contributed by atoms with E-state index in [9.17, 15) is 0 Å². The van der Waals surface area contributed by atoms with E-state index in [0.717, 1.165) is 0 Å². The molecule has 0 saturated heterocycles. The Labute approximate surface area is 57.8 Å². The molecule has 0 fully saturated rings. The molecule has 1 rings (SSSR count). The van der Waals surface area contributed by atoms with Crippen molar-refractivity contribution in [2.24, 2.45) is 0 Å². The first-order valence-electron chi connectivity index (χ1n) is 2.45. The Morgan fingerprint density at radius 3 is 2.44 bits per heavy atom. The molecule has 0 aliphatic carbocycles. The molecular formula is C4H7ClN4. The highest BCUT2D eigenvalue weighted by Crippen LogP contribution is 2.04. The lowest BCUT2D eigenvalue weighted by Gasteiger charge is -2.02. The van der Waals surface area contributed by atoms with Crippen molar-refractivity contribution >= 4 is 17.5 Å². The van der Waals surface area contributed by atoms with Crippen LogP contribution in [0.5, 0.6) is 0 Å². The molecule has 0 aromatic carbocycles. The largest absolute Gasteiger partial charge is 0.346 e. The maximum absolute atomic E-state index is 5.45. The van der Waals surface area contributed by atoms with Crippen LogP contribution < -0.4 is 4.90 Å². The molecule has 0 aliphatic rings. The fourth-order valence-corrected chi connectivity index (χ4v) is 0.552. The van der Waals surface area contributed by atoms with Crippen molar-refractivity contribution < 1.29 is 0 Å². The minimum atomic E-state index is 0.318. The molecule has 0 radical (unpaired) electrons. The number of halogens is 1. The number of H-pyrrole nitrogens is 1. The van der Waals surface area contributed by atoms with E-state index in [1.165, 1.54) is 0 Å². The average molecular weight is 147 g/mol.